The SMILES string of the molecule is CC1(C)CCCC1.CCC1CC(CC)C2C3CC(CC3C(=O)O)C12. The molecule has 1 N–H and O–H groups in total. The highest BCUT2D eigenvalue weighted by Gasteiger charge is 2.60. The second kappa shape index (κ2) is 7.00. The molecule has 24 heavy (non-hydrogen) atoms. The average Bonchev–Trinajstić information content (AvgIpc) is 3.26. The van der Waals surface area contributed by atoms with Gasteiger partial charge >= 0.3 is 5.97 Å². The van der Waals surface area contributed by atoms with E-state index in [9.17, 15) is 9.90 Å². The van der Waals surface area contributed by atoms with Crippen LogP contribution >= 0.6 is 0 Å². The maximum Gasteiger partial charge on any atom is 0.306 e. The van der Waals surface area contributed by atoms with Crippen LogP contribution in [0.1, 0.15) is 85.5 Å². The van der Waals surface area contributed by atoms with Crippen molar-refractivity contribution in [2.45, 2.75) is 85.5 Å². The Kier molecular flexibility index (Phi) is 5.33. The van der Waals surface area contributed by atoms with Gasteiger partial charge in [-0.05, 0) is 73.0 Å². The zero-order valence-electron chi connectivity index (χ0n) is 16.3. The summed E-state index contributed by atoms with van der Waals surface area (Å²) in [5, 5.41) is 9.34. The Morgan fingerprint density at radius 1 is 0.958 bits per heavy atom. The summed E-state index contributed by atoms with van der Waals surface area (Å²) in [7, 11) is 0. The second-order valence-electron chi connectivity index (χ2n) is 9.94. The molecule has 0 heterocycles. The van der Waals surface area contributed by atoms with E-state index in [0.717, 1.165) is 36.0 Å². The van der Waals surface area contributed by atoms with Crippen molar-refractivity contribution in [2.24, 2.45) is 46.8 Å². The summed E-state index contributed by atoms with van der Waals surface area (Å²) >= 11 is 0. The molecular weight excluding hydrogens is 296 g/mol. The summed E-state index contributed by atoms with van der Waals surface area (Å²) in [6.07, 6.45) is 12.0. The molecule has 4 rings (SSSR count). The number of fused-ring (bicyclic) bond motifs is 5. The van der Waals surface area contributed by atoms with Gasteiger partial charge in [-0.25, -0.2) is 0 Å². The smallest absolute Gasteiger partial charge is 0.306 e. The van der Waals surface area contributed by atoms with E-state index >= 15 is 0 Å². The van der Waals surface area contributed by atoms with Gasteiger partial charge in [-0.3, -0.25) is 4.79 Å². The van der Waals surface area contributed by atoms with Crippen LogP contribution in [-0.4, -0.2) is 11.1 Å². The molecule has 7 atom stereocenters. The molecule has 4 aliphatic rings. The molecule has 0 saturated heterocycles. The molecule has 2 nitrogen and oxygen atoms in total. The van der Waals surface area contributed by atoms with Crippen molar-refractivity contribution in [3.05, 3.63) is 0 Å². The van der Waals surface area contributed by atoms with Crippen molar-refractivity contribution in [3.63, 3.8) is 0 Å². The van der Waals surface area contributed by atoms with Crippen LogP contribution in [-0.2, 0) is 4.79 Å². The number of carboxylic acids is 1. The molecule has 0 aromatic carbocycles. The largest absolute Gasteiger partial charge is 0.481 e. The fourth-order valence-electron chi connectivity index (χ4n) is 7.01. The topological polar surface area (TPSA) is 37.3 Å². The van der Waals surface area contributed by atoms with E-state index in [4.69, 9.17) is 0 Å². The Morgan fingerprint density at radius 3 is 2.00 bits per heavy atom. The monoisotopic (exact) mass is 334 g/mol. The first-order valence-electron chi connectivity index (χ1n) is 10.6. The molecule has 0 aliphatic heterocycles. The molecule has 4 fully saturated rings. The lowest BCUT2D eigenvalue weighted by molar-refractivity contribution is -0.145. The van der Waals surface area contributed by atoms with Gasteiger partial charge in [-0.1, -0.05) is 53.4 Å². The number of hydrogen-bond donors (Lipinski definition) is 1. The van der Waals surface area contributed by atoms with Crippen molar-refractivity contribution in [1.29, 1.82) is 0 Å². The molecule has 0 radical (unpaired) electrons. The van der Waals surface area contributed by atoms with E-state index in [1.165, 1.54) is 51.4 Å². The third-order valence-corrected chi connectivity index (χ3v) is 8.15. The van der Waals surface area contributed by atoms with E-state index in [0.29, 0.717) is 11.3 Å². The number of hydrogen-bond acceptors (Lipinski definition) is 1. The summed E-state index contributed by atoms with van der Waals surface area (Å²) in [6.45, 7) is 9.34. The zero-order valence-corrected chi connectivity index (χ0v) is 16.3. The van der Waals surface area contributed by atoms with Gasteiger partial charge in [-0.2, -0.15) is 0 Å². The predicted octanol–water partition coefficient (Wildman–Crippen LogP) is 6.00. The van der Waals surface area contributed by atoms with Crippen molar-refractivity contribution in [1.82, 2.24) is 0 Å². The molecular formula is C22H38O2. The minimum Gasteiger partial charge on any atom is -0.481 e. The highest BCUT2D eigenvalue weighted by Crippen LogP contribution is 2.65. The molecule has 4 saturated carbocycles. The van der Waals surface area contributed by atoms with Gasteiger partial charge < -0.3 is 5.11 Å². The summed E-state index contributed by atoms with van der Waals surface area (Å²) < 4.78 is 0. The molecule has 138 valence electrons. The van der Waals surface area contributed by atoms with E-state index in [2.05, 4.69) is 27.7 Å². The fourth-order valence-corrected chi connectivity index (χ4v) is 7.01. The highest BCUT2D eigenvalue weighted by atomic mass is 16.4. The minimum absolute atomic E-state index is 0.00842. The molecule has 7 unspecified atom stereocenters. The number of rotatable bonds is 3. The Balaban J connectivity index is 0.000000203. The number of carbonyl (C=O) groups is 1. The van der Waals surface area contributed by atoms with Crippen LogP contribution in [0.3, 0.4) is 0 Å². The van der Waals surface area contributed by atoms with E-state index in [1.807, 2.05) is 0 Å². The molecule has 0 aromatic heterocycles. The second-order valence-corrected chi connectivity index (χ2v) is 9.94. The number of carboxylic acid groups (broad SMARTS) is 1. The van der Waals surface area contributed by atoms with Crippen molar-refractivity contribution in [3.8, 4) is 0 Å². The summed E-state index contributed by atoms with van der Waals surface area (Å²) in [5.41, 5.74) is 0.694. The number of aliphatic carboxylic acids is 1. The first kappa shape index (κ1) is 18.3. The Bertz CT molecular complexity index is 447. The van der Waals surface area contributed by atoms with E-state index < -0.39 is 5.97 Å². The average molecular weight is 335 g/mol. The van der Waals surface area contributed by atoms with Gasteiger partial charge in [0.25, 0.3) is 0 Å². The van der Waals surface area contributed by atoms with Crippen LogP contribution in [0.15, 0.2) is 0 Å². The molecule has 2 heteroatoms. The Hall–Kier alpha value is -0.530. The standard InChI is InChI=1S/C15H24O2.C7H14/c1-3-8-5-9(4-2)14-11-6-10(13(8)14)7-12(11)15(16)17;1-7(2)5-3-4-6-7/h8-14H,3-7H2,1-2H3,(H,16,17);3-6H2,1-2H3. The van der Waals surface area contributed by atoms with Crippen LogP contribution in [0.4, 0.5) is 0 Å². The maximum atomic E-state index is 11.3. The maximum absolute atomic E-state index is 11.3. The van der Waals surface area contributed by atoms with Gasteiger partial charge in [0.1, 0.15) is 0 Å². The summed E-state index contributed by atoms with van der Waals surface area (Å²) in [5.74, 6) is 4.08. The Labute approximate surface area is 148 Å². The third kappa shape index (κ3) is 3.27. The first-order chi connectivity index (χ1) is 11.4. The lowest BCUT2D eigenvalue weighted by Gasteiger charge is -2.34. The molecule has 0 amide bonds. The van der Waals surface area contributed by atoms with Gasteiger partial charge in [-0.15, -0.1) is 0 Å². The van der Waals surface area contributed by atoms with Gasteiger partial charge in [0.2, 0.25) is 0 Å². The van der Waals surface area contributed by atoms with E-state index in [1.54, 1.807) is 0 Å². The Morgan fingerprint density at radius 2 is 1.54 bits per heavy atom. The predicted molar refractivity (Wildman–Crippen MR) is 98.7 cm³/mol. The summed E-state index contributed by atoms with van der Waals surface area (Å²) in [4.78, 5) is 11.3. The van der Waals surface area contributed by atoms with Crippen molar-refractivity contribution in [2.75, 3.05) is 0 Å². The van der Waals surface area contributed by atoms with Crippen LogP contribution in [0.5, 0.6) is 0 Å². The molecule has 2 bridgehead atoms. The van der Waals surface area contributed by atoms with Gasteiger partial charge in [0.05, 0.1) is 5.92 Å². The molecule has 0 aromatic rings. The summed E-state index contributed by atoms with van der Waals surface area (Å²) in [6, 6.07) is 0. The fraction of sp³-hybridized carbons (Fsp3) is 0.955. The van der Waals surface area contributed by atoms with Crippen LogP contribution in [0.25, 0.3) is 0 Å². The molecule has 4 aliphatic carbocycles. The normalized spacial score (nSPS) is 44.9. The van der Waals surface area contributed by atoms with Gasteiger partial charge in [0.15, 0.2) is 0 Å². The first-order valence-corrected chi connectivity index (χ1v) is 10.6. The van der Waals surface area contributed by atoms with Crippen molar-refractivity contribution >= 4 is 5.97 Å². The third-order valence-electron chi connectivity index (χ3n) is 8.15. The van der Waals surface area contributed by atoms with Crippen LogP contribution < -0.4 is 0 Å². The van der Waals surface area contributed by atoms with E-state index in [-0.39, 0.29) is 5.92 Å². The van der Waals surface area contributed by atoms with Crippen molar-refractivity contribution < 1.29 is 9.90 Å². The molecule has 0 spiro atoms. The minimum atomic E-state index is -0.522. The lowest BCUT2D eigenvalue weighted by atomic mass is 9.70. The quantitative estimate of drug-likeness (QED) is 0.687. The van der Waals surface area contributed by atoms with Crippen LogP contribution in [0, 0.1) is 46.8 Å². The highest BCUT2D eigenvalue weighted by molar-refractivity contribution is 5.71. The lowest BCUT2D eigenvalue weighted by Crippen LogP contribution is -2.33. The van der Waals surface area contributed by atoms with Gasteiger partial charge in [0, 0.05) is 0 Å². The van der Waals surface area contributed by atoms with Crippen LogP contribution in [0.2, 0.25) is 0 Å². The zero-order chi connectivity index (χ0) is 17.5.